The Labute approximate surface area is 165 Å². The number of benzene rings is 2. The molecular weight excluding hydrogens is 398 g/mol. The fourth-order valence-electron chi connectivity index (χ4n) is 3.84. The summed E-state index contributed by atoms with van der Waals surface area (Å²) < 4.78 is 48.6. The molecule has 0 aliphatic carbocycles. The SMILES string of the molecule is O=C(c1ccc(S(=O)(=O)[C@@H]2CCS(=O)(=O)C2)cc1)N1CCc2ccccc2C1. The topological polar surface area (TPSA) is 88.6 Å². The Hall–Kier alpha value is -2.19. The van der Waals surface area contributed by atoms with Crippen LogP contribution in [0, 0.1) is 0 Å². The number of amides is 1. The van der Waals surface area contributed by atoms with Crippen LogP contribution >= 0.6 is 0 Å². The Bertz CT molecular complexity index is 1120. The minimum Gasteiger partial charge on any atom is -0.334 e. The Morgan fingerprint density at radius 3 is 2.32 bits per heavy atom. The lowest BCUT2D eigenvalue weighted by Crippen LogP contribution is -2.35. The fourth-order valence-corrected chi connectivity index (χ4v) is 8.20. The smallest absolute Gasteiger partial charge is 0.254 e. The van der Waals surface area contributed by atoms with Crippen LogP contribution in [0.15, 0.2) is 53.4 Å². The van der Waals surface area contributed by atoms with E-state index in [0.29, 0.717) is 18.7 Å². The van der Waals surface area contributed by atoms with Crippen LogP contribution in [0.4, 0.5) is 0 Å². The summed E-state index contributed by atoms with van der Waals surface area (Å²) in [5.74, 6) is -0.561. The van der Waals surface area contributed by atoms with Crippen LogP contribution in [0.3, 0.4) is 0 Å². The summed E-state index contributed by atoms with van der Waals surface area (Å²) >= 11 is 0. The van der Waals surface area contributed by atoms with Crippen molar-refractivity contribution in [2.24, 2.45) is 0 Å². The van der Waals surface area contributed by atoms with Crippen molar-refractivity contribution in [2.75, 3.05) is 18.1 Å². The molecule has 2 aromatic rings. The molecule has 148 valence electrons. The second-order valence-corrected chi connectivity index (χ2v) is 11.8. The van der Waals surface area contributed by atoms with Gasteiger partial charge >= 0.3 is 0 Å². The number of rotatable bonds is 3. The summed E-state index contributed by atoms with van der Waals surface area (Å²) in [6, 6.07) is 13.9. The summed E-state index contributed by atoms with van der Waals surface area (Å²) in [5.41, 5.74) is 2.81. The van der Waals surface area contributed by atoms with E-state index in [9.17, 15) is 21.6 Å². The Kier molecular flexibility index (Phi) is 4.79. The zero-order chi connectivity index (χ0) is 19.9. The lowest BCUT2D eigenvalue weighted by Gasteiger charge is -2.29. The second-order valence-electron chi connectivity index (χ2n) is 7.34. The first kappa shape index (κ1) is 19.1. The lowest BCUT2D eigenvalue weighted by molar-refractivity contribution is 0.0734. The van der Waals surface area contributed by atoms with Crippen molar-refractivity contribution in [1.82, 2.24) is 4.90 Å². The van der Waals surface area contributed by atoms with Gasteiger partial charge in [0.25, 0.3) is 5.91 Å². The van der Waals surface area contributed by atoms with E-state index in [1.54, 1.807) is 4.90 Å². The van der Waals surface area contributed by atoms with E-state index in [-0.39, 0.29) is 28.7 Å². The molecule has 4 rings (SSSR count). The van der Waals surface area contributed by atoms with Gasteiger partial charge in [-0.1, -0.05) is 24.3 Å². The molecule has 0 spiro atoms. The monoisotopic (exact) mass is 419 g/mol. The van der Waals surface area contributed by atoms with Gasteiger partial charge in [-0.15, -0.1) is 0 Å². The van der Waals surface area contributed by atoms with Crippen molar-refractivity contribution >= 4 is 25.6 Å². The van der Waals surface area contributed by atoms with Crippen molar-refractivity contribution in [2.45, 2.75) is 29.5 Å². The van der Waals surface area contributed by atoms with Crippen LogP contribution in [0.2, 0.25) is 0 Å². The van der Waals surface area contributed by atoms with Gasteiger partial charge in [-0.2, -0.15) is 0 Å². The number of carbonyl (C=O) groups excluding carboxylic acids is 1. The molecular formula is C20H21NO5S2. The van der Waals surface area contributed by atoms with Gasteiger partial charge < -0.3 is 4.90 Å². The van der Waals surface area contributed by atoms with Gasteiger partial charge in [0.1, 0.15) is 0 Å². The summed E-state index contributed by atoms with van der Waals surface area (Å²) in [7, 11) is -7.01. The number of sulfone groups is 2. The first-order valence-corrected chi connectivity index (χ1v) is 12.5. The minimum absolute atomic E-state index is 0.0649. The first-order chi connectivity index (χ1) is 13.3. The molecule has 28 heavy (non-hydrogen) atoms. The van der Waals surface area contributed by atoms with Crippen LogP contribution in [-0.2, 0) is 32.6 Å². The third-order valence-corrected chi connectivity index (χ3v) is 9.67. The number of hydrogen-bond donors (Lipinski definition) is 0. The maximum absolute atomic E-state index is 12.8. The third-order valence-electron chi connectivity index (χ3n) is 5.48. The van der Waals surface area contributed by atoms with E-state index in [2.05, 4.69) is 6.07 Å². The van der Waals surface area contributed by atoms with Crippen LogP contribution in [0.5, 0.6) is 0 Å². The van der Waals surface area contributed by atoms with E-state index in [0.717, 1.165) is 12.0 Å². The largest absolute Gasteiger partial charge is 0.334 e. The van der Waals surface area contributed by atoms with Gasteiger partial charge in [0.05, 0.1) is 21.7 Å². The zero-order valence-electron chi connectivity index (χ0n) is 15.2. The summed E-state index contributed by atoms with van der Waals surface area (Å²) in [4.78, 5) is 14.6. The predicted molar refractivity (Wildman–Crippen MR) is 106 cm³/mol. The Morgan fingerprint density at radius 1 is 1.00 bits per heavy atom. The van der Waals surface area contributed by atoms with Crippen molar-refractivity contribution < 1.29 is 21.6 Å². The van der Waals surface area contributed by atoms with Crippen molar-refractivity contribution in [3.05, 3.63) is 65.2 Å². The molecule has 1 fully saturated rings. The zero-order valence-corrected chi connectivity index (χ0v) is 16.9. The molecule has 0 saturated carbocycles. The number of nitrogens with zero attached hydrogens (tertiary/aromatic N) is 1. The Morgan fingerprint density at radius 2 is 1.68 bits per heavy atom. The molecule has 0 bridgehead atoms. The van der Waals surface area contributed by atoms with Gasteiger partial charge in [-0.3, -0.25) is 4.79 Å². The van der Waals surface area contributed by atoms with Crippen molar-refractivity contribution in [3.8, 4) is 0 Å². The van der Waals surface area contributed by atoms with Gasteiger partial charge in [-0.25, -0.2) is 16.8 Å². The molecule has 8 heteroatoms. The molecule has 1 atom stereocenters. The van der Waals surface area contributed by atoms with Crippen LogP contribution < -0.4 is 0 Å². The molecule has 0 N–H and O–H groups in total. The summed E-state index contributed by atoms with van der Waals surface area (Å²) in [5, 5.41) is -0.905. The van der Waals surface area contributed by atoms with Gasteiger partial charge in [-0.05, 0) is 48.2 Å². The maximum Gasteiger partial charge on any atom is 0.254 e. The average molecular weight is 420 g/mol. The molecule has 2 aliphatic rings. The first-order valence-electron chi connectivity index (χ1n) is 9.17. The van der Waals surface area contributed by atoms with E-state index in [1.807, 2.05) is 18.2 Å². The average Bonchev–Trinajstić information content (AvgIpc) is 3.07. The predicted octanol–water partition coefficient (Wildman–Crippen LogP) is 1.85. The molecule has 0 aromatic heterocycles. The highest BCUT2D eigenvalue weighted by atomic mass is 32.2. The van der Waals surface area contributed by atoms with Gasteiger partial charge in [0, 0.05) is 18.7 Å². The highest BCUT2D eigenvalue weighted by molar-refractivity contribution is 7.96. The van der Waals surface area contributed by atoms with Crippen molar-refractivity contribution in [3.63, 3.8) is 0 Å². The quantitative estimate of drug-likeness (QED) is 0.758. The molecule has 0 unspecified atom stereocenters. The maximum atomic E-state index is 12.8. The van der Waals surface area contributed by atoms with E-state index < -0.39 is 24.9 Å². The highest BCUT2D eigenvalue weighted by Gasteiger charge is 2.38. The molecule has 2 aromatic carbocycles. The third kappa shape index (κ3) is 3.58. The van der Waals surface area contributed by atoms with E-state index in [1.165, 1.54) is 29.8 Å². The van der Waals surface area contributed by atoms with Gasteiger partial charge in [0.15, 0.2) is 19.7 Å². The summed E-state index contributed by atoms with van der Waals surface area (Å²) in [6.07, 6.45) is 0.920. The summed E-state index contributed by atoms with van der Waals surface area (Å²) in [6.45, 7) is 1.16. The van der Waals surface area contributed by atoms with Crippen LogP contribution in [-0.4, -0.2) is 50.9 Å². The standard InChI is InChI=1S/C20H21NO5S2/c22-20(21-11-9-15-3-1-2-4-17(15)13-21)16-5-7-18(8-6-16)28(25,26)19-10-12-27(23,24)14-19/h1-8,19H,9-14H2/t19-/m1/s1. The molecule has 0 radical (unpaired) electrons. The molecule has 6 nitrogen and oxygen atoms in total. The lowest BCUT2D eigenvalue weighted by atomic mass is 9.99. The number of hydrogen-bond acceptors (Lipinski definition) is 5. The molecule has 1 amide bonds. The normalized spacial score (nSPS) is 21.3. The molecule has 1 saturated heterocycles. The minimum atomic E-state index is -3.72. The molecule has 2 aliphatic heterocycles. The van der Waals surface area contributed by atoms with E-state index in [4.69, 9.17) is 0 Å². The molecule has 2 heterocycles. The number of fused-ring (bicyclic) bond motifs is 1. The van der Waals surface area contributed by atoms with Gasteiger partial charge in [0.2, 0.25) is 0 Å². The van der Waals surface area contributed by atoms with Crippen molar-refractivity contribution in [1.29, 1.82) is 0 Å². The Balaban J connectivity index is 1.51. The van der Waals surface area contributed by atoms with E-state index >= 15 is 0 Å². The second kappa shape index (κ2) is 7.00. The fraction of sp³-hybridized carbons (Fsp3) is 0.350. The van der Waals surface area contributed by atoms with Crippen LogP contribution in [0.25, 0.3) is 0 Å². The van der Waals surface area contributed by atoms with Crippen LogP contribution in [0.1, 0.15) is 27.9 Å². The highest BCUT2D eigenvalue weighted by Crippen LogP contribution is 2.26. The number of carbonyl (C=O) groups is 1.